The second-order valence-corrected chi connectivity index (χ2v) is 7.56. The Bertz CT molecular complexity index is 1240. The molecule has 0 atom stereocenters. The first kappa shape index (κ1) is 20.8. The van der Waals surface area contributed by atoms with Gasteiger partial charge < -0.3 is 10.1 Å². The first-order valence-corrected chi connectivity index (χ1v) is 10.1. The van der Waals surface area contributed by atoms with Gasteiger partial charge >= 0.3 is 0 Å². The molecule has 156 valence electrons. The normalized spacial score (nSPS) is 10.7. The highest BCUT2D eigenvalue weighted by Crippen LogP contribution is 2.24. The average Bonchev–Trinajstić information content (AvgIpc) is 3.08. The third-order valence-electron chi connectivity index (χ3n) is 4.63. The number of aryl methyl sites for hydroxylation is 1. The van der Waals surface area contributed by atoms with Gasteiger partial charge in [-0.25, -0.2) is 4.98 Å². The number of imidazole rings is 1. The van der Waals surface area contributed by atoms with Crippen molar-refractivity contribution in [2.45, 2.75) is 13.8 Å². The molecular formula is C22H17Cl2N5O2. The number of carbonyl (C=O) groups is 1. The van der Waals surface area contributed by atoms with Crippen LogP contribution in [0, 0.1) is 13.8 Å². The van der Waals surface area contributed by atoms with E-state index >= 15 is 0 Å². The maximum atomic E-state index is 12.4. The Balaban J connectivity index is 1.41. The minimum atomic E-state index is -0.332. The summed E-state index contributed by atoms with van der Waals surface area (Å²) < 4.78 is 7.59. The largest absolute Gasteiger partial charge is 0.438 e. The van der Waals surface area contributed by atoms with E-state index in [1.165, 1.54) is 6.07 Å². The Morgan fingerprint density at radius 2 is 1.77 bits per heavy atom. The van der Waals surface area contributed by atoms with Crippen LogP contribution in [-0.4, -0.2) is 25.7 Å². The number of carbonyl (C=O) groups excluding carboxylic acids is 1. The maximum absolute atomic E-state index is 12.4. The van der Waals surface area contributed by atoms with Crippen LogP contribution >= 0.6 is 23.2 Å². The number of halogens is 2. The van der Waals surface area contributed by atoms with Crippen molar-refractivity contribution in [3.63, 3.8) is 0 Å². The molecule has 9 heteroatoms. The summed E-state index contributed by atoms with van der Waals surface area (Å²) in [5.74, 6) is 1.23. The quantitative estimate of drug-likeness (QED) is 0.423. The molecule has 4 rings (SSSR count). The van der Waals surface area contributed by atoms with Crippen LogP contribution < -0.4 is 10.1 Å². The lowest BCUT2D eigenvalue weighted by Gasteiger charge is -2.09. The number of hydrogen-bond acceptors (Lipinski definition) is 5. The van der Waals surface area contributed by atoms with Gasteiger partial charge in [-0.05, 0) is 62.4 Å². The predicted molar refractivity (Wildman–Crippen MR) is 120 cm³/mol. The fourth-order valence-electron chi connectivity index (χ4n) is 2.82. The van der Waals surface area contributed by atoms with Crippen molar-refractivity contribution in [3.8, 4) is 17.4 Å². The first-order chi connectivity index (χ1) is 14.9. The predicted octanol–water partition coefficient (Wildman–Crippen LogP) is 5.63. The van der Waals surface area contributed by atoms with Gasteiger partial charge in [0, 0.05) is 22.5 Å². The molecule has 2 aromatic carbocycles. The molecule has 0 unspecified atom stereocenters. The van der Waals surface area contributed by atoms with Crippen molar-refractivity contribution in [2.75, 3.05) is 5.32 Å². The molecule has 1 amide bonds. The van der Waals surface area contributed by atoms with Crippen molar-refractivity contribution in [1.29, 1.82) is 0 Å². The SMILES string of the molecule is Cc1ncn(-c2ccc(Oc3ccc(NC(=O)c4ccc(Cl)cc4Cl)cc3)nn2)c1C. The van der Waals surface area contributed by atoms with Gasteiger partial charge in [-0.15, -0.1) is 10.2 Å². The number of nitrogens with zero attached hydrogens (tertiary/aromatic N) is 4. The summed E-state index contributed by atoms with van der Waals surface area (Å²) in [5, 5.41) is 11.8. The van der Waals surface area contributed by atoms with Crippen LogP contribution in [0.2, 0.25) is 10.0 Å². The molecular weight excluding hydrogens is 437 g/mol. The summed E-state index contributed by atoms with van der Waals surface area (Å²) in [6.45, 7) is 3.91. The van der Waals surface area contributed by atoms with Gasteiger partial charge in [0.25, 0.3) is 5.91 Å². The molecule has 0 radical (unpaired) electrons. The van der Waals surface area contributed by atoms with E-state index in [-0.39, 0.29) is 10.9 Å². The number of ether oxygens (including phenoxy) is 1. The van der Waals surface area contributed by atoms with E-state index in [4.69, 9.17) is 27.9 Å². The molecule has 4 aromatic rings. The van der Waals surface area contributed by atoms with E-state index in [1.54, 1.807) is 54.9 Å². The zero-order chi connectivity index (χ0) is 22.0. The van der Waals surface area contributed by atoms with E-state index < -0.39 is 0 Å². The molecule has 31 heavy (non-hydrogen) atoms. The lowest BCUT2D eigenvalue weighted by atomic mass is 10.2. The second kappa shape index (κ2) is 8.75. The number of hydrogen-bond donors (Lipinski definition) is 1. The van der Waals surface area contributed by atoms with Crippen LogP contribution in [0.25, 0.3) is 5.82 Å². The van der Waals surface area contributed by atoms with Gasteiger partial charge in [0.2, 0.25) is 5.88 Å². The van der Waals surface area contributed by atoms with Gasteiger partial charge in [-0.1, -0.05) is 23.2 Å². The van der Waals surface area contributed by atoms with Crippen molar-refractivity contribution >= 4 is 34.8 Å². The zero-order valence-electron chi connectivity index (χ0n) is 16.6. The molecule has 0 saturated heterocycles. The number of rotatable bonds is 5. The molecule has 0 saturated carbocycles. The summed E-state index contributed by atoms with van der Waals surface area (Å²) in [5.41, 5.74) is 2.87. The molecule has 7 nitrogen and oxygen atoms in total. The number of anilines is 1. The lowest BCUT2D eigenvalue weighted by molar-refractivity contribution is 0.102. The standard InChI is InChI=1S/C22H17Cl2N5O2/c1-13-14(2)29(12-25-13)20-9-10-21(28-27-20)31-17-6-4-16(5-7-17)26-22(30)18-8-3-15(23)11-19(18)24/h3-12H,1-2H3,(H,26,30). The van der Waals surface area contributed by atoms with Crippen LogP contribution in [0.15, 0.2) is 60.9 Å². The van der Waals surface area contributed by atoms with E-state index in [0.29, 0.717) is 33.7 Å². The van der Waals surface area contributed by atoms with Gasteiger partial charge in [0.1, 0.15) is 12.1 Å². The smallest absolute Gasteiger partial charge is 0.257 e. The molecule has 2 aromatic heterocycles. The van der Waals surface area contributed by atoms with Crippen LogP contribution in [0.5, 0.6) is 11.6 Å². The van der Waals surface area contributed by atoms with E-state index in [2.05, 4.69) is 20.5 Å². The van der Waals surface area contributed by atoms with Gasteiger partial charge in [-0.3, -0.25) is 9.36 Å². The Hall–Kier alpha value is -3.42. The van der Waals surface area contributed by atoms with Crippen LogP contribution in [0.3, 0.4) is 0 Å². The minimum absolute atomic E-state index is 0.285. The molecule has 0 fully saturated rings. The highest BCUT2D eigenvalue weighted by atomic mass is 35.5. The summed E-state index contributed by atoms with van der Waals surface area (Å²) in [7, 11) is 0. The van der Waals surface area contributed by atoms with Crippen molar-refractivity contribution in [2.24, 2.45) is 0 Å². The number of benzene rings is 2. The first-order valence-electron chi connectivity index (χ1n) is 9.29. The Labute approximate surface area is 188 Å². The summed E-state index contributed by atoms with van der Waals surface area (Å²) in [4.78, 5) is 16.7. The Morgan fingerprint density at radius 3 is 2.39 bits per heavy atom. The van der Waals surface area contributed by atoms with Crippen LogP contribution in [0.4, 0.5) is 5.69 Å². The highest BCUT2D eigenvalue weighted by Gasteiger charge is 2.11. The second-order valence-electron chi connectivity index (χ2n) is 6.72. The summed E-state index contributed by atoms with van der Waals surface area (Å²) in [6.07, 6.45) is 1.71. The molecule has 1 N–H and O–H groups in total. The van der Waals surface area contributed by atoms with Crippen molar-refractivity contribution in [1.82, 2.24) is 19.7 Å². The van der Waals surface area contributed by atoms with Gasteiger partial charge in [0.05, 0.1) is 16.3 Å². The number of amides is 1. The third-order valence-corrected chi connectivity index (χ3v) is 5.18. The molecule has 0 aliphatic heterocycles. The number of aromatic nitrogens is 4. The van der Waals surface area contributed by atoms with Crippen molar-refractivity contribution in [3.05, 3.63) is 87.9 Å². The van der Waals surface area contributed by atoms with Gasteiger partial charge in [0.15, 0.2) is 5.82 Å². The summed E-state index contributed by atoms with van der Waals surface area (Å²) >= 11 is 12.0. The fraction of sp³-hybridized carbons (Fsp3) is 0.0909. The topological polar surface area (TPSA) is 81.9 Å². The molecule has 2 heterocycles. The Morgan fingerprint density at radius 1 is 1.00 bits per heavy atom. The lowest BCUT2D eigenvalue weighted by Crippen LogP contribution is -2.12. The van der Waals surface area contributed by atoms with E-state index in [9.17, 15) is 4.79 Å². The molecule has 0 spiro atoms. The van der Waals surface area contributed by atoms with Crippen molar-refractivity contribution < 1.29 is 9.53 Å². The average molecular weight is 454 g/mol. The van der Waals surface area contributed by atoms with Crippen LogP contribution in [-0.2, 0) is 0 Å². The van der Waals surface area contributed by atoms with E-state index in [0.717, 1.165) is 11.4 Å². The Kier molecular flexibility index (Phi) is 5.88. The molecule has 0 aliphatic carbocycles. The zero-order valence-corrected chi connectivity index (χ0v) is 18.1. The molecule has 0 bridgehead atoms. The van der Waals surface area contributed by atoms with Gasteiger partial charge in [-0.2, -0.15) is 0 Å². The third kappa shape index (κ3) is 4.68. The maximum Gasteiger partial charge on any atom is 0.257 e. The van der Waals surface area contributed by atoms with Crippen LogP contribution in [0.1, 0.15) is 21.7 Å². The van der Waals surface area contributed by atoms with E-state index in [1.807, 2.05) is 18.4 Å². The minimum Gasteiger partial charge on any atom is -0.438 e. The number of nitrogens with one attached hydrogen (secondary N) is 1. The monoisotopic (exact) mass is 453 g/mol. The fourth-order valence-corrected chi connectivity index (χ4v) is 3.32. The molecule has 0 aliphatic rings. The summed E-state index contributed by atoms with van der Waals surface area (Å²) in [6, 6.07) is 15.1. The highest BCUT2D eigenvalue weighted by molar-refractivity contribution is 6.37.